The molecule has 1 aromatic carbocycles. The number of nitrogens with one attached hydrogen (secondary N) is 1. The number of nitrogens with two attached hydrogens (primary N) is 1. The van der Waals surface area contributed by atoms with Crippen molar-refractivity contribution in [2.75, 3.05) is 5.73 Å². The van der Waals surface area contributed by atoms with E-state index < -0.39 is 15.9 Å². The van der Waals surface area contributed by atoms with Crippen molar-refractivity contribution in [3.8, 4) is 0 Å². The number of para-hydroxylation sites is 1. The van der Waals surface area contributed by atoms with E-state index in [1.165, 1.54) is 18.2 Å². The van der Waals surface area contributed by atoms with Crippen molar-refractivity contribution in [2.45, 2.75) is 4.21 Å². The Hall–Kier alpha value is -1.86. The number of amides is 1. The Bertz CT molecular complexity index is 663. The number of carbonyl (C=O) groups is 1. The van der Waals surface area contributed by atoms with Crippen LogP contribution in [0.15, 0.2) is 46.0 Å². The summed E-state index contributed by atoms with van der Waals surface area (Å²) in [6, 6.07) is 9.30. The Kier molecular flexibility index (Phi) is 3.35. The molecule has 5 nitrogen and oxygen atoms in total. The first-order valence-electron chi connectivity index (χ1n) is 4.96. The molecule has 7 heteroatoms. The summed E-state index contributed by atoms with van der Waals surface area (Å²) in [6.07, 6.45) is 0. The summed E-state index contributed by atoms with van der Waals surface area (Å²) in [5.41, 5.74) is 5.98. The van der Waals surface area contributed by atoms with Crippen LogP contribution in [0.4, 0.5) is 5.69 Å². The summed E-state index contributed by atoms with van der Waals surface area (Å²) in [5.74, 6) is -0.735. The molecule has 0 saturated carbocycles. The van der Waals surface area contributed by atoms with Crippen LogP contribution in [-0.2, 0) is 10.0 Å². The fourth-order valence-corrected chi connectivity index (χ4v) is 3.31. The van der Waals surface area contributed by atoms with E-state index in [9.17, 15) is 13.2 Å². The molecule has 0 saturated heterocycles. The molecular weight excluding hydrogens is 272 g/mol. The Morgan fingerprint density at radius 2 is 1.89 bits per heavy atom. The highest BCUT2D eigenvalue weighted by Crippen LogP contribution is 2.17. The minimum atomic E-state index is -3.82. The highest BCUT2D eigenvalue weighted by atomic mass is 32.2. The molecule has 0 radical (unpaired) electrons. The number of sulfonamides is 1. The lowest BCUT2D eigenvalue weighted by Gasteiger charge is -2.06. The normalized spacial score (nSPS) is 11.1. The predicted molar refractivity (Wildman–Crippen MR) is 69.8 cm³/mol. The lowest BCUT2D eigenvalue weighted by atomic mass is 10.2. The maximum absolute atomic E-state index is 11.8. The van der Waals surface area contributed by atoms with Crippen LogP contribution in [0.25, 0.3) is 0 Å². The minimum Gasteiger partial charge on any atom is -0.398 e. The summed E-state index contributed by atoms with van der Waals surface area (Å²) in [7, 11) is -3.82. The quantitative estimate of drug-likeness (QED) is 0.834. The average Bonchev–Trinajstić information content (AvgIpc) is 2.82. The van der Waals surface area contributed by atoms with Crippen molar-refractivity contribution in [1.82, 2.24) is 4.72 Å². The van der Waals surface area contributed by atoms with Gasteiger partial charge in [0.05, 0.1) is 5.56 Å². The summed E-state index contributed by atoms with van der Waals surface area (Å²) in [5, 5.41) is 1.62. The number of anilines is 1. The van der Waals surface area contributed by atoms with E-state index in [1.54, 1.807) is 23.6 Å². The zero-order valence-corrected chi connectivity index (χ0v) is 10.8. The number of hydrogen-bond acceptors (Lipinski definition) is 5. The van der Waals surface area contributed by atoms with Crippen LogP contribution in [0, 0.1) is 0 Å². The van der Waals surface area contributed by atoms with E-state index >= 15 is 0 Å². The number of rotatable bonds is 3. The van der Waals surface area contributed by atoms with E-state index in [4.69, 9.17) is 5.73 Å². The summed E-state index contributed by atoms with van der Waals surface area (Å²) in [6.45, 7) is 0. The molecule has 1 heterocycles. The second kappa shape index (κ2) is 4.79. The molecule has 1 amide bonds. The number of thiophene rings is 1. The highest BCUT2D eigenvalue weighted by Gasteiger charge is 2.20. The van der Waals surface area contributed by atoms with Gasteiger partial charge in [-0.05, 0) is 23.6 Å². The molecular formula is C11H10N2O3S2. The highest BCUT2D eigenvalue weighted by molar-refractivity contribution is 7.92. The molecule has 3 N–H and O–H groups in total. The van der Waals surface area contributed by atoms with Crippen LogP contribution in [-0.4, -0.2) is 14.3 Å². The topological polar surface area (TPSA) is 89.3 Å². The van der Waals surface area contributed by atoms with Crippen LogP contribution in [0.2, 0.25) is 0 Å². The van der Waals surface area contributed by atoms with E-state index in [2.05, 4.69) is 0 Å². The molecule has 0 aliphatic rings. The van der Waals surface area contributed by atoms with Crippen molar-refractivity contribution in [1.29, 1.82) is 0 Å². The molecule has 0 aliphatic heterocycles. The van der Waals surface area contributed by atoms with Gasteiger partial charge < -0.3 is 5.73 Å². The van der Waals surface area contributed by atoms with E-state index in [-0.39, 0.29) is 15.5 Å². The van der Waals surface area contributed by atoms with Gasteiger partial charge in [-0.15, -0.1) is 11.3 Å². The van der Waals surface area contributed by atoms with Gasteiger partial charge in [0.15, 0.2) is 0 Å². The molecule has 0 atom stereocenters. The SMILES string of the molecule is Nc1ccccc1C(=O)NS(=O)(=O)c1cccs1. The molecule has 0 spiro atoms. The summed E-state index contributed by atoms with van der Waals surface area (Å²) < 4.78 is 25.7. The second-order valence-corrected chi connectivity index (χ2v) is 6.31. The molecule has 1 aromatic heterocycles. The van der Waals surface area contributed by atoms with Gasteiger partial charge in [-0.1, -0.05) is 18.2 Å². The lowest BCUT2D eigenvalue weighted by molar-refractivity contribution is 0.0982. The summed E-state index contributed by atoms with van der Waals surface area (Å²) in [4.78, 5) is 11.8. The van der Waals surface area contributed by atoms with Crippen molar-refractivity contribution in [3.63, 3.8) is 0 Å². The third kappa shape index (κ3) is 2.52. The van der Waals surface area contributed by atoms with Crippen molar-refractivity contribution < 1.29 is 13.2 Å². The molecule has 2 aromatic rings. The van der Waals surface area contributed by atoms with Gasteiger partial charge in [0.2, 0.25) is 0 Å². The van der Waals surface area contributed by atoms with Gasteiger partial charge in [-0.3, -0.25) is 4.79 Å². The third-order valence-electron chi connectivity index (χ3n) is 2.19. The molecule has 18 heavy (non-hydrogen) atoms. The van der Waals surface area contributed by atoms with Crippen molar-refractivity contribution >= 4 is 33.0 Å². The maximum atomic E-state index is 11.8. The molecule has 0 fully saturated rings. The Morgan fingerprint density at radius 3 is 2.50 bits per heavy atom. The number of carbonyl (C=O) groups excluding carboxylic acids is 1. The van der Waals surface area contributed by atoms with Gasteiger partial charge >= 0.3 is 0 Å². The fourth-order valence-electron chi connectivity index (χ4n) is 1.35. The van der Waals surface area contributed by atoms with Crippen LogP contribution >= 0.6 is 11.3 Å². The number of nitrogen functional groups attached to an aromatic ring is 1. The van der Waals surface area contributed by atoms with Crippen LogP contribution in [0.1, 0.15) is 10.4 Å². The third-order valence-corrected chi connectivity index (χ3v) is 4.92. The van der Waals surface area contributed by atoms with Crippen molar-refractivity contribution in [2.24, 2.45) is 0 Å². The second-order valence-electron chi connectivity index (χ2n) is 3.45. The molecule has 0 bridgehead atoms. The summed E-state index contributed by atoms with van der Waals surface area (Å²) >= 11 is 1.04. The zero-order chi connectivity index (χ0) is 13.2. The smallest absolute Gasteiger partial charge is 0.273 e. The van der Waals surface area contributed by atoms with E-state index in [0.717, 1.165) is 11.3 Å². The van der Waals surface area contributed by atoms with E-state index in [1.807, 2.05) is 4.72 Å². The average molecular weight is 282 g/mol. The van der Waals surface area contributed by atoms with Crippen molar-refractivity contribution in [3.05, 3.63) is 47.3 Å². The fraction of sp³-hybridized carbons (Fsp3) is 0. The number of hydrogen-bond donors (Lipinski definition) is 2. The molecule has 0 aliphatic carbocycles. The van der Waals surface area contributed by atoms with Gasteiger partial charge in [0.1, 0.15) is 4.21 Å². The monoisotopic (exact) mass is 282 g/mol. The number of benzene rings is 1. The first-order chi connectivity index (χ1) is 8.50. The van der Waals surface area contributed by atoms with Gasteiger partial charge in [-0.2, -0.15) is 0 Å². The molecule has 2 rings (SSSR count). The van der Waals surface area contributed by atoms with Gasteiger partial charge in [-0.25, -0.2) is 13.1 Å². The Balaban J connectivity index is 2.26. The first-order valence-corrected chi connectivity index (χ1v) is 7.32. The minimum absolute atomic E-state index is 0.0883. The standard InChI is InChI=1S/C11H10N2O3S2/c12-9-5-2-1-4-8(9)11(14)13-18(15,16)10-6-3-7-17-10/h1-7H,12H2,(H,13,14). The Labute approximate surface area is 108 Å². The van der Waals surface area contributed by atoms with Crippen LogP contribution < -0.4 is 10.5 Å². The molecule has 94 valence electrons. The van der Waals surface area contributed by atoms with Crippen LogP contribution in [0.5, 0.6) is 0 Å². The van der Waals surface area contributed by atoms with E-state index in [0.29, 0.717) is 0 Å². The zero-order valence-electron chi connectivity index (χ0n) is 9.16. The van der Waals surface area contributed by atoms with Gasteiger partial charge in [0, 0.05) is 5.69 Å². The molecule has 0 unspecified atom stereocenters. The largest absolute Gasteiger partial charge is 0.398 e. The maximum Gasteiger partial charge on any atom is 0.273 e. The van der Waals surface area contributed by atoms with Crippen LogP contribution in [0.3, 0.4) is 0 Å². The first kappa shape index (κ1) is 12.6. The predicted octanol–water partition coefficient (Wildman–Crippen LogP) is 1.45. The lowest BCUT2D eigenvalue weighted by Crippen LogP contribution is -2.30. The Morgan fingerprint density at radius 1 is 1.17 bits per heavy atom. The van der Waals surface area contributed by atoms with Gasteiger partial charge in [0.25, 0.3) is 15.9 Å².